The molecule has 1 amide bonds. The number of ether oxygens (including phenoxy) is 1. The Labute approximate surface area is 197 Å². The van der Waals surface area contributed by atoms with Gasteiger partial charge < -0.3 is 19.3 Å². The topological polar surface area (TPSA) is 84.7 Å². The van der Waals surface area contributed by atoms with Gasteiger partial charge in [0.1, 0.15) is 0 Å². The van der Waals surface area contributed by atoms with Crippen molar-refractivity contribution < 1.29 is 19.4 Å². The number of rotatable bonds is 9. The summed E-state index contributed by atoms with van der Waals surface area (Å²) in [5, 5.41) is 10.8. The molecule has 33 heavy (non-hydrogen) atoms. The summed E-state index contributed by atoms with van der Waals surface area (Å²) >= 11 is 6.01. The highest BCUT2D eigenvalue weighted by Crippen LogP contribution is 2.29. The van der Waals surface area contributed by atoms with Gasteiger partial charge in [0, 0.05) is 55.2 Å². The molecular formula is C25H28ClN3O4. The molecule has 0 unspecified atom stereocenters. The van der Waals surface area contributed by atoms with Gasteiger partial charge in [-0.25, -0.2) is 0 Å². The molecule has 0 radical (unpaired) electrons. The third-order valence-corrected chi connectivity index (χ3v) is 6.51. The van der Waals surface area contributed by atoms with Crippen LogP contribution in [-0.2, 0) is 29.6 Å². The van der Waals surface area contributed by atoms with Gasteiger partial charge in [0.05, 0.1) is 23.6 Å². The van der Waals surface area contributed by atoms with Gasteiger partial charge in [-0.15, -0.1) is 0 Å². The molecule has 3 heterocycles. The number of hydrogen-bond donors (Lipinski definition) is 1. The van der Waals surface area contributed by atoms with Gasteiger partial charge >= 0.3 is 5.97 Å². The largest absolute Gasteiger partial charge is 0.481 e. The summed E-state index contributed by atoms with van der Waals surface area (Å²) in [5.74, 6) is -1.45. The van der Waals surface area contributed by atoms with Crippen LogP contribution in [0.5, 0.6) is 0 Å². The Balaban J connectivity index is 1.42. The van der Waals surface area contributed by atoms with E-state index < -0.39 is 11.9 Å². The lowest BCUT2D eigenvalue weighted by atomic mass is 10.1. The van der Waals surface area contributed by atoms with Gasteiger partial charge in [0.15, 0.2) is 0 Å². The fourth-order valence-electron chi connectivity index (χ4n) is 4.49. The summed E-state index contributed by atoms with van der Waals surface area (Å²) in [6, 6.07) is 9.55. The number of likely N-dealkylation sites (tertiary alicyclic amines) is 1. The van der Waals surface area contributed by atoms with E-state index in [9.17, 15) is 14.7 Å². The molecule has 4 rings (SSSR count). The molecule has 0 aliphatic carbocycles. The number of carbonyl (C=O) groups is 2. The number of hydrogen-bond acceptors (Lipinski definition) is 4. The normalized spacial score (nSPS) is 15.9. The lowest BCUT2D eigenvalue weighted by Gasteiger charge is -2.17. The Morgan fingerprint density at radius 1 is 1.27 bits per heavy atom. The summed E-state index contributed by atoms with van der Waals surface area (Å²) in [6.07, 6.45) is 6.39. The molecule has 8 heteroatoms. The molecule has 0 spiro atoms. The first-order valence-electron chi connectivity index (χ1n) is 11.2. The second kappa shape index (κ2) is 10.4. The van der Waals surface area contributed by atoms with E-state index in [2.05, 4.69) is 9.55 Å². The van der Waals surface area contributed by atoms with Crippen LogP contribution in [0, 0.1) is 5.92 Å². The highest BCUT2D eigenvalue weighted by atomic mass is 35.5. The Bertz CT molecular complexity index is 1160. The number of carboxylic acid groups (broad SMARTS) is 1. The van der Waals surface area contributed by atoms with Crippen LogP contribution in [0.25, 0.3) is 10.9 Å². The SMILES string of the molecule is Cn1c(CCCCOCc2cccc(Cl)c2)c(C(=O)N2CC[C@H](C(=O)O)C2)c2cnccc21. The fraction of sp³-hybridized carbons (Fsp3) is 0.400. The standard InChI is InChI=1S/C25H28ClN3O4/c1-28-21-8-10-27-14-20(21)23(24(30)29-11-9-18(15-29)25(31)32)22(28)7-2-3-12-33-16-17-5-4-6-19(26)13-17/h4-6,8,10,13-14,18H,2-3,7,9,11-12,15-16H2,1H3,(H,31,32)/t18-/m0/s1. The van der Waals surface area contributed by atoms with Crippen LogP contribution in [0.4, 0.5) is 0 Å². The number of pyridine rings is 1. The van der Waals surface area contributed by atoms with Crippen molar-refractivity contribution in [3.05, 3.63) is 64.6 Å². The molecule has 0 bridgehead atoms. The van der Waals surface area contributed by atoms with Crippen LogP contribution in [0.2, 0.25) is 5.02 Å². The van der Waals surface area contributed by atoms with Crippen molar-refractivity contribution in [1.29, 1.82) is 0 Å². The molecule has 3 aromatic rings. The first kappa shape index (κ1) is 23.3. The summed E-state index contributed by atoms with van der Waals surface area (Å²) in [7, 11) is 1.97. The number of unbranched alkanes of at least 4 members (excludes halogenated alkanes) is 1. The average Bonchev–Trinajstić information content (AvgIpc) is 3.40. The van der Waals surface area contributed by atoms with Gasteiger partial charge in [-0.1, -0.05) is 23.7 Å². The minimum absolute atomic E-state index is 0.107. The van der Waals surface area contributed by atoms with Gasteiger partial charge in [-0.05, 0) is 49.4 Å². The number of carbonyl (C=O) groups excluding carboxylic acids is 1. The zero-order valence-electron chi connectivity index (χ0n) is 18.7. The smallest absolute Gasteiger partial charge is 0.308 e. The molecule has 0 saturated carbocycles. The number of benzene rings is 1. The minimum Gasteiger partial charge on any atom is -0.481 e. The van der Waals surface area contributed by atoms with Crippen molar-refractivity contribution in [1.82, 2.24) is 14.5 Å². The van der Waals surface area contributed by atoms with E-state index >= 15 is 0 Å². The molecule has 1 N–H and O–H groups in total. The Kier molecular flexibility index (Phi) is 7.30. The van der Waals surface area contributed by atoms with Crippen LogP contribution in [0.3, 0.4) is 0 Å². The van der Waals surface area contributed by atoms with Crippen LogP contribution in [-0.4, -0.2) is 51.1 Å². The van der Waals surface area contributed by atoms with E-state index in [4.69, 9.17) is 16.3 Å². The van der Waals surface area contributed by atoms with E-state index in [1.165, 1.54) is 0 Å². The zero-order valence-corrected chi connectivity index (χ0v) is 19.4. The van der Waals surface area contributed by atoms with Crippen LogP contribution >= 0.6 is 11.6 Å². The second-order valence-corrected chi connectivity index (χ2v) is 8.92. The van der Waals surface area contributed by atoms with Crippen molar-refractivity contribution in [2.75, 3.05) is 19.7 Å². The maximum atomic E-state index is 13.4. The molecule has 7 nitrogen and oxygen atoms in total. The highest BCUT2D eigenvalue weighted by molar-refractivity contribution is 6.30. The summed E-state index contributed by atoms with van der Waals surface area (Å²) in [4.78, 5) is 30.7. The molecule has 1 aliphatic rings. The monoisotopic (exact) mass is 469 g/mol. The maximum absolute atomic E-state index is 13.4. The Morgan fingerprint density at radius 3 is 2.88 bits per heavy atom. The number of nitrogens with zero attached hydrogens (tertiary/aromatic N) is 3. The lowest BCUT2D eigenvalue weighted by molar-refractivity contribution is -0.141. The van der Waals surface area contributed by atoms with E-state index in [0.717, 1.165) is 41.4 Å². The van der Waals surface area contributed by atoms with Crippen LogP contribution in [0.1, 0.15) is 40.9 Å². The van der Waals surface area contributed by atoms with Crippen molar-refractivity contribution in [3.63, 3.8) is 0 Å². The zero-order chi connectivity index (χ0) is 23.4. The maximum Gasteiger partial charge on any atom is 0.308 e. The number of aliphatic carboxylic acids is 1. The van der Waals surface area contributed by atoms with Crippen molar-refractivity contribution in [3.8, 4) is 0 Å². The third kappa shape index (κ3) is 5.20. The van der Waals surface area contributed by atoms with Crippen LogP contribution < -0.4 is 0 Å². The minimum atomic E-state index is -0.845. The summed E-state index contributed by atoms with van der Waals surface area (Å²) in [5.41, 5.74) is 3.60. The van der Waals surface area contributed by atoms with Crippen molar-refractivity contribution in [2.24, 2.45) is 13.0 Å². The van der Waals surface area contributed by atoms with E-state index in [1.807, 2.05) is 37.4 Å². The predicted octanol–water partition coefficient (Wildman–Crippen LogP) is 4.31. The summed E-state index contributed by atoms with van der Waals surface area (Å²) < 4.78 is 7.85. The number of carboxylic acids is 1. The number of aromatic nitrogens is 2. The van der Waals surface area contributed by atoms with Gasteiger partial charge in [-0.2, -0.15) is 0 Å². The quantitative estimate of drug-likeness (QED) is 0.472. The molecule has 1 aliphatic heterocycles. The van der Waals surface area contributed by atoms with Gasteiger partial charge in [0.25, 0.3) is 5.91 Å². The van der Waals surface area contributed by atoms with Crippen molar-refractivity contribution >= 4 is 34.4 Å². The van der Waals surface area contributed by atoms with E-state index in [-0.39, 0.29) is 12.5 Å². The number of halogens is 1. The number of aryl methyl sites for hydroxylation is 1. The van der Waals surface area contributed by atoms with Crippen LogP contribution in [0.15, 0.2) is 42.7 Å². The van der Waals surface area contributed by atoms with Gasteiger partial charge in [-0.3, -0.25) is 14.6 Å². The molecule has 1 aromatic carbocycles. The molecule has 1 saturated heterocycles. The third-order valence-electron chi connectivity index (χ3n) is 6.27. The second-order valence-electron chi connectivity index (χ2n) is 8.49. The lowest BCUT2D eigenvalue weighted by Crippen LogP contribution is -2.30. The molecule has 1 fully saturated rings. The highest BCUT2D eigenvalue weighted by Gasteiger charge is 2.33. The number of amides is 1. The predicted molar refractivity (Wildman–Crippen MR) is 126 cm³/mol. The van der Waals surface area contributed by atoms with E-state index in [0.29, 0.717) is 36.8 Å². The molecule has 174 valence electrons. The number of fused-ring (bicyclic) bond motifs is 1. The summed E-state index contributed by atoms with van der Waals surface area (Å²) in [6.45, 7) is 1.85. The fourth-order valence-corrected chi connectivity index (χ4v) is 4.70. The average molecular weight is 470 g/mol. The Morgan fingerprint density at radius 2 is 2.12 bits per heavy atom. The molecule has 1 atom stereocenters. The van der Waals surface area contributed by atoms with Gasteiger partial charge in [0.2, 0.25) is 0 Å². The molecular weight excluding hydrogens is 442 g/mol. The Hall–Kier alpha value is -2.90. The van der Waals surface area contributed by atoms with Crippen molar-refractivity contribution in [2.45, 2.75) is 32.3 Å². The van der Waals surface area contributed by atoms with E-state index in [1.54, 1.807) is 17.3 Å². The molecule has 2 aromatic heterocycles. The first-order valence-corrected chi connectivity index (χ1v) is 11.6. The first-order chi connectivity index (χ1) is 16.0.